The molecule has 3 rings (SSSR count). The van der Waals surface area contributed by atoms with Gasteiger partial charge in [0.15, 0.2) is 17.4 Å². The number of aromatic amines is 1. The zero-order valence-corrected chi connectivity index (χ0v) is 16.4. The van der Waals surface area contributed by atoms with E-state index < -0.39 is 46.6 Å². The summed E-state index contributed by atoms with van der Waals surface area (Å²) in [5, 5.41) is 0.641. The maximum atomic E-state index is 14.1. The molecule has 3 aromatic rings. The Bertz CT molecular complexity index is 1120. The van der Waals surface area contributed by atoms with E-state index in [4.69, 9.17) is 11.6 Å². The SMILES string of the molecule is O=S(=O)(Nc1nc(F)c(OCCF)cc1F)c1c[nH]c2c(Br)c(Cl)ccc12. The fourth-order valence-electron chi connectivity index (χ4n) is 2.29. The van der Waals surface area contributed by atoms with Gasteiger partial charge in [-0.1, -0.05) is 11.6 Å². The number of halogens is 5. The zero-order chi connectivity index (χ0) is 19.8. The molecule has 27 heavy (non-hydrogen) atoms. The smallest absolute Gasteiger partial charge is 0.265 e. The van der Waals surface area contributed by atoms with Crippen LogP contribution in [0, 0.1) is 11.8 Å². The molecule has 0 aliphatic carbocycles. The van der Waals surface area contributed by atoms with Crippen LogP contribution < -0.4 is 9.46 Å². The number of nitrogens with zero attached hydrogens (tertiary/aromatic N) is 1. The number of benzene rings is 1. The van der Waals surface area contributed by atoms with E-state index in [1.165, 1.54) is 18.3 Å². The molecule has 0 unspecified atom stereocenters. The topological polar surface area (TPSA) is 84.1 Å². The van der Waals surface area contributed by atoms with Gasteiger partial charge in [0, 0.05) is 17.6 Å². The van der Waals surface area contributed by atoms with E-state index in [-0.39, 0.29) is 10.3 Å². The van der Waals surface area contributed by atoms with Crippen LogP contribution in [0.5, 0.6) is 5.75 Å². The second-order valence-corrected chi connectivity index (χ2v) is 8.04. The van der Waals surface area contributed by atoms with Crippen molar-refractivity contribution in [3.05, 3.63) is 45.7 Å². The van der Waals surface area contributed by atoms with E-state index in [9.17, 15) is 21.6 Å². The number of aromatic nitrogens is 2. The van der Waals surface area contributed by atoms with Crippen LogP contribution in [0.25, 0.3) is 10.9 Å². The summed E-state index contributed by atoms with van der Waals surface area (Å²) in [6.07, 6.45) is 1.18. The molecule has 0 atom stereocenters. The lowest BCUT2D eigenvalue weighted by atomic mass is 10.2. The molecule has 0 amide bonds. The number of alkyl halides is 1. The molecule has 2 heterocycles. The lowest BCUT2D eigenvalue weighted by molar-refractivity contribution is 0.258. The summed E-state index contributed by atoms with van der Waals surface area (Å²) in [5.74, 6) is -3.95. The van der Waals surface area contributed by atoms with Crippen LogP contribution in [-0.2, 0) is 10.0 Å². The number of rotatable bonds is 6. The van der Waals surface area contributed by atoms with Crippen LogP contribution in [0.1, 0.15) is 0 Å². The Hall–Kier alpha value is -1.98. The molecule has 0 saturated carbocycles. The Labute approximate surface area is 164 Å². The summed E-state index contributed by atoms with van der Waals surface area (Å²) >= 11 is 9.20. The number of hydrogen-bond acceptors (Lipinski definition) is 4. The van der Waals surface area contributed by atoms with Crippen molar-refractivity contribution >= 4 is 54.3 Å². The van der Waals surface area contributed by atoms with Gasteiger partial charge in [0.25, 0.3) is 16.0 Å². The van der Waals surface area contributed by atoms with Gasteiger partial charge in [-0.05, 0) is 28.1 Å². The van der Waals surface area contributed by atoms with E-state index in [1.807, 2.05) is 4.72 Å². The van der Waals surface area contributed by atoms with E-state index in [0.29, 0.717) is 21.1 Å². The molecule has 1 aromatic carbocycles. The Morgan fingerprint density at radius 1 is 1.33 bits per heavy atom. The number of hydrogen-bond donors (Lipinski definition) is 2. The highest BCUT2D eigenvalue weighted by atomic mass is 79.9. The number of anilines is 1. The lowest BCUT2D eigenvalue weighted by Crippen LogP contribution is -2.16. The lowest BCUT2D eigenvalue weighted by Gasteiger charge is -2.10. The summed E-state index contributed by atoms with van der Waals surface area (Å²) in [7, 11) is -4.31. The highest BCUT2D eigenvalue weighted by molar-refractivity contribution is 9.10. The first kappa shape index (κ1) is 19.8. The third-order valence-corrected chi connectivity index (χ3v) is 6.21. The average molecular weight is 485 g/mol. The molecule has 2 N–H and O–H groups in total. The number of fused-ring (bicyclic) bond motifs is 1. The minimum atomic E-state index is -4.31. The third kappa shape index (κ3) is 3.85. The van der Waals surface area contributed by atoms with Crippen LogP contribution in [0.2, 0.25) is 5.02 Å². The predicted octanol–water partition coefficient (Wildman–Crippen LogP) is 4.41. The van der Waals surface area contributed by atoms with Gasteiger partial charge in [0.1, 0.15) is 18.2 Å². The molecule has 0 saturated heterocycles. The molecule has 0 bridgehead atoms. The molecule has 6 nitrogen and oxygen atoms in total. The quantitative estimate of drug-likeness (QED) is 0.508. The third-order valence-electron chi connectivity index (χ3n) is 3.46. The van der Waals surface area contributed by atoms with Gasteiger partial charge < -0.3 is 9.72 Å². The summed E-state index contributed by atoms with van der Waals surface area (Å²) in [4.78, 5) is 5.75. The predicted molar refractivity (Wildman–Crippen MR) is 97.4 cm³/mol. The van der Waals surface area contributed by atoms with Crippen molar-refractivity contribution in [2.24, 2.45) is 0 Å². The molecule has 144 valence electrons. The van der Waals surface area contributed by atoms with E-state index in [0.717, 1.165) is 0 Å². The zero-order valence-electron chi connectivity index (χ0n) is 13.2. The normalized spacial score (nSPS) is 11.7. The Morgan fingerprint density at radius 3 is 2.78 bits per heavy atom. The number of sulfonamides is 1. The van der Waals surface area contributed by atoms with Crippen LogP contribution in [0.4, 0.5) is 19.0 Å². The first-order chi connectivity index (χ1) is 12.7. The van der Waals surface area contributed by atoms with Crippen LogP contribution in [-0.4, -0.2) is 31.7 Å². The minimum absolute atomic E-state index is 0.214. The van der Waals surface area contributed by atoms with E-state index in [2.05, 4.69) is 30.6 Å². The first-order valence-electron chi connectivity index (χ1n) is 7.27. The largest absolute Gasteiger partial charge is 0.486 e. The maximum Gasteiger partial charge on any atom is 0.265 e. The molecule has 12 heteroatoms. The van der Waals surface area contributed by atoms with Crippen molar-refractivity contribution in [3.8, 4) is 5.75 Å². The molecule has 0 spiro atoms. The molecule has 2 aromatic heterocycles. The Morgan fingerprint density at radius 2 is 2.07 bits per heavy atom. The number of nitrogens with one attached hydrogen (secondary N) is 2. The van der Waals surface area contributed by atoms with Gasteiger partial charge in [0.2, 0.25) is 0 Å². The Kier molecular flexibility index (Phi) is 5.54. The van der Waals surface area contributed by atoms with Crippen LogP contribution in [0.3, 0.4) is 0 Å². The molecule has 0 aliphatic heterocycles. The van der Waals surface area contributed by atoms with Crippen molar-refractivity contribution in [1.82, 2.24) is 9.97 Å². The fourth-order valence-corrected chi connectivity index (χ4v) is 4.09. The molecular weight excluding hydrogens is 475 g/mol. The highest BCUT2D eigenvalue weighted by Crippen LogP contribution is 2.34. The minimum Gasteiger partial charge on any atom is -0.486 e. The number of pyridine rings is 1. The second-order valence-electron chi connectivity index (χ2n) is 5.19. The number of ether oxygens (including phenoxy) is 1. The van der Waals surface area contributed by atoms with Crippen molar-refractivity contribution < 1.29 is 26.3 Å². The fraction of sp³-hybridized carbons (Fsp3) is 0.133. The summed E-state index contributed by atoms with van der Waals surface area (Å²) in [5.41, 5.74) is 0.414. The second kappa shape index (κ2) is 7.56. The van der Waals surface area contributed by atoms with Crippen molar-refractivity contribution in [1.29, 1.82) is 0 Å². The van der Waals surface area contributed by atoms with Crippen molar-refractivity contribution in [2.75, 3.05) is 18.0 Å². The first-order valence-corrected chi connectivity index (χ1v) is 9.92. The van der Waals surface area contributed by atoms with Gasteiger partial charge in [-0.3, -0.25) is 4.72 Å². The van der Waals surface area contributed by atoms with E-state index in [1.54, 1.807) is 0 Å². The van der Waals surface area contributed by atoms with Crippen LogP contribution in [0.15, 0.2) is 33.8 Å². The maximum absolute atomic E-state index is 14.1. The standard InChI is InChI=1S/C15H10BrClF3N3O3S/c16-12-8(17)2-1-7-11(6-21-13(7)12)27(24,25)23-15-9(19)5-10(14(20)22-15)26-4-3-18/h1-2,5-6,21H,3-4H2,(H,22,23). The van der Waals surface area contributed by atoms with Crippen molar-refractivity contribution in [2.45, 2.75) is 4.90 Å². The van der Waals surface area contributed by atoms with Crippen molar-refractivity contribution in [3.63, 3.8) is 0 Å². The molecule has 0 aliphatic rings. The van der Waals surface area contributed by atoms with Crippen LogP contribution >= 0.6 is 27.5 Å². The van der Waals surface area contributed by atoms with E-state index >= 15 is 0 Å². The molecule has 0 radical (unpaired) electrons. The number of H-pyrrole nitrogens is 1. The van der Waals surface area contributed by atoms with Gasteiger partial charge >= 0.3 is 0 Å². The molecular formula is C15H10BrClF3N3O3S. The monoisotopic (exact) mass is 483 g/mol. The van der Waals surface area contributed by atoms with Gasteiger partial charge in [-0.15, -0.1) is 0 Å². The van der Waals surface area contributed by atoms with Gasteiger partial charge in [0.05, 0.1) is 15.0 Å². The summed E-state index contributed by atoms with van der Waals surface area (Å²) < 4.78 is 72.2. The average Bonchev–Trinajstić information content (AvgIpc) is 3.05. The Balaban J connectivity index is 1.98. The highest BCUT2D eigenvalue weighted by Gasteiger charge is 2.24. The summed E-state index contributed by atoms with van der Waals surface area (Å²) in [6, 6.07) is 3.53. The van der Waals surface area contributed by atoms with Gasteiger partial charge in [-0.25, -0.2) is 17.2 Å². The molecule has 0 fully saturated rings. The van der Waals surface area contributed by atoms with Gasteiger partial charge in [-0.2, -0.15) is 9.37 Å². The summed E-state index contributed by atoms with van der Waals surface area (Å²) in [6.45, 7) is -1.40.